The van der Waals surface area contributed by atoms with Crippen molar-refractivity contribution >= 4 is 40.4 Å². The Labute approximate surface area is 90.3 Å². The molecule has 0 bridgehead atoms. The highest BCUT2D eigenvalue weighted by Crippen LogP contribution is 2.21. The van der Waals surface area contributed by atoms with Crippen molar-refractivity contribution in [2.24, 2.45) is 0 Å². The Kier molecular flexibility index (Phi) is 3.23. The van der Waals surface area contributed by atoms with E-state index >= 15 is 0 Å². The number of hydrogen-bond acceptors (Lipinski definition) is 5. The normalized spacial score (nSPS) is 22.9. The molecule has 2 heterocycles. The minimum atomic E-state index is 0.577. The van der Waals surface area contributed by atoms with Crippen molar-refractivity contribution in [1.29, 1.82) is 0 Å². The molecule has 72 valence electrons. The number of nitrogens with zero attached hydrogens (tertiary/aromatic N) is 1. The van der Waals surface area contributed by atoms with E-state index in [0.29, 0.717) is 6.04 Å². The molecule has 1 aliphatic heterocycles. The van der Waals surface area contributed by atoms with Crippen molar-refractivity contribution in [3.8, 4) is 0 Å². The Hall–Kier alpha value is -0.0700. The van der Waals surface area contributed by atoms with Crippen LogP contribution in [0.15, 0.2) is 0 Å². The Morgan fingerprint density at radius 3 is 3.15 bits per heavy atom. The van der Waals surface area contributed by atoms with Crippen LogP contribution in [0.3, 0.4) is 0 Å². The van der Waals surface area contributed by atoms with E-state index in [9.17, 15) is 0 Å². The quantitative estimate of drug-likeness (QED) is 0.770. The summed E-state index contributed by atoms with van der Waals surface area (Å²) in [6.07, 6.45) is 2.55. The third-order valence-electron chi connectivity index (χ3n) is 1.93. The SMILES string of the molecule is S=c1[nH]nc(NC2CCCSC2)s1. The molecule has 1 aromatic heterocycles. The van der Waals surface area contributed by atoms with Crippen molar-refractivity contribution in [3.05, 3.63) is 3.95 Å². The molecule has 0 aromatic carbocycles. The van der Waals surface area contributed by atoms with Crippen LogP contribution in [0.4, 0.5) is 5.13 Å². The first-order valence-corrected chi connectivity index (χ1v) is 6.62. The zero-order valence-corrected chi connectivity index (χ0v) is 9.53. The maximum Gasteiger partial charge on any atom is 0.204 e. The summed E-state index contributed by atoms with van der Waals surface area (Å²) in [6.45, 7) is 0. The van der Waals surface area contributed by atoms with Gasteiger partial charge in [-0.05, 0) is 30.8 Å². The van der Waals surface area contributed by atoms with Crippen molar-refractivity contribution in [2.75, 3.05) is 16.8 Å². The molecular formula is C7H11N3S3. The molecule has 6 heteroatoms. The summed E-state index contributed by atoms with van der Waals surface area (Å²) >= 11 is 8.47. The number of nitrogens with one attached hydrogen (secondary N) is 2. The van der Waals surface area contributed by atoms with Crippen LogP contribution in [0, 0.1) is 3.95 Å². The van der Waals surface area contributed by atoms with E-state index in [1.165, 1.54) is 35.7 Å². The van der Waals surface area contributed by atoms with Gasteiger partial charge in [0, 0.05) is 11.8 Å². The lowest BCUT2D eigenvalue weighted by atomic mass is 10.2. The van der Waals surface area contributed by atoms with Crippen LogP contribution in [-0.2, 0) is 0 Å². The molecule has 1 saturated heterocycles. The number of rotatable bonds is 2. The summed E-state index contributed by atoms with van der Waals surface area (Å²) < 4.78 is 0.742. The molecule has 2 N–H and O–H groups in total. The van der Waals surface area contributed by atoms with Gasteiger partial charge in [0.05, 0.1) is 0 Å². The van der Waals surface area contributed by atoms with Gasteiger partial charge in [0.2, 0.25) is 5.13 Å². The number of hydrogen-bond donors (Lipinski definition) is 2. The van der Waals surface area contributed by atoms with Gasteiger partial charge in [0.1, 0.15) is 0 Å². The molecule has 13 heavy (non-hydrogen) atoms. The Balaban J connectivity index is 1.93. The second-order valence-corrected chi connectivity index (χ2v) is 5.79. The second kappa shape index (κ2) is 4.43. The van der Waals surface area contributed by atoms with Gasteiger partial charge in [0.15, 0.2) is 3.95 Å². The minimum absolute atomic E-state index is 0.577. The molecular weight excluding hydrogens is 222 g/mol. The number of aromatic nitrogens is 2. The number of aromatic amines is 1. The maximum atomic E-state index is 4.96. The molecule has 1 aromatic rings. The highest BCUT2D eigenvalue weighted by atomic mass is 32.2. The van der Waals surface area contributed by atoms with E-state index in [2.05, 4.69) is 15.5 Å². The predicted molar refractivity (Wildman–Crippen MR) is 61.3 cm³/mol. The molecule has 0 amide bonds. The average Bonchev–Trinajstić information content (AvgIpc) is 2.53. The van der Waals surface area contributed by atoms with Crippen LogP contribution in [0.25, 0.3) is 0 Å². The third kappa shape index (κ3) is 2.69. The van der Waals surface area contributed by atoms with Gasteiger partial charge in [-0.3, -0.25) is 5.10 Å². The molecule has 0 saturated carbocycles. The van der Waals surface area contributed by atoms with Crippen molar-refractivity contribution in [1.82, 2.24) is 10.2 Å². The van der Waals surface area contributed by atoms with Crippen LogP contribution >= 0.6 is 35.3 Å². The fraction of sp³-hybridized carbons (Fsp3) is 0.714. The lowest BCUT2D eigenvalue weighted by Gasteiger charge is -2.21. The lowest BCUT2D eigenvalue weighted by Crippen LogP contribution is -2.25. The second-order valence-electron chi connectivity index (χ2n) is 2.98. The third-order valence-corrected chi connectivity index (χ3v) is 4.16. The summed E-state index contributed by atoms with van der Waals surface area (Å²) in [5, 5.41) is 11.2. The largest absolute Gasteiger partial charge is 0.357 e. The predicted octanol–water partition coefficient (Wildman–Crippen LogP) is 2.51. The molecule has 1 fully saturated rings. The summed E-state index contributed by atoms with van der Waals surface area (Å²) in [7, 11) is 0. The molecule has 2 rings (SSSR count). The van der Waals surface area contributed by atoms with Gasteiger partial charge >= 0.3 is 0 Å². The Bertz CT molecular complexity index is 313. The number of thioether (sulfide) groups is 1. The van der Waals surface area contributed by atoms with Gasteiger partial charge in [0.25, 0.3) is 0 Å². The first kappa shape index (κ1) is 9.48. The van der Waals surface area contributed by atoms with Crippen LogP contribution in [0.5, 0.6) is 0 Å². The molecule has 0 spiro atoms. The zero-order chi connectivity index (χ0) is 9.10. The van der Waals surface area contributed by atoms with Gasteiger partial charge < -0.3 is 5.32 Å². The first-order chi connectivity index (χ1) is 6.34. The first-order valence-electron chi connectivity index (χ1n) is 4.24. The fourth-order valence-electron chi connectivity index (χ4n) is 1.32. The van der Waals surface area contributed by atoms with E-state index < -0.39 is 0 Å². The van der Waals surface area contributed by atoms with E-state index in [1.807, 2.05) is 11.8 Å². The van der Waals surface area contributed by atoms with E-state index in [4.69, 9.17) is 12.2 Å². The standard InChI is InChI=1S/C7H11N3S3/c11-7-10-9-6(13-7)8-5-2-1-3-12-4-5/h5H,1-4H2,(H,8,9)(H,10,11). The fourth-order valence-corrected chi connectivity index (χ4v) is 3.26. The number of anilines is 1. The molecule has 1 unspecified atom stereocenters. The average molecular weight is 233 g/mol. The van der Waals surface area contributed by atoms with E-state index in [1.54, 1.807) is 0 Å². The monoisotopic (exact) mass is 233 g/mol. The van der Waals surface area contributed by atoms with Crippen molar-refractivity contribution in [3.63, 3.8) is 0 Å². The molecule has 1 atom stereocenters. The molecule has 1 aliphatic rings. The van der Waals surface area contributed by atoms with Crippen LogP contribution in [0.2, 0.25) is 0 Å². The lowest BCUT2D eigenvalue weighted by molar-refractivity contribution is 0.683. The molecule has 0 radical (unpaired) electrons. The summed E-state index contributed by atoms with van der Waals surface area (Å²) in [5.74, 6) is 2.49. The highest BCUT2D eigenvalue weighted by Gasteiger charge is 2.14. The Morgan fingerprint density at radius 2 is 2.54 bits per heavy atom. The highest BCUT2D eigenvalue weighted by molar-refractivity contribution is 7.99. The van der Waals surface area contributed by atoms with Crippen LogP contribution < -0.4 is 5.32 Å². The summed E-state index contributed by atoms with van der Waals surface area (Å²) in [6, 6.07) is 0.577. The minimum Gasteiger partial charge on any atom is -0.357 e. The van der Waals surface area contributed by atoms with Gasteiger partial charge in [-0.2, -0.15) is 11.8 Å². The van der Waals surface area contributed by atoms with Crippen molar-refractivity contribution in [2.45, 2.75) is 18.9 Å². The molecule has 0 aliphatic carbocycles. The van der Waals surface area contributed by atoms with Crippen molar-refractivity contribution < 1.29 is 0 Å². The van der Waals surface area contributed by atoms with Gasteiger partial charge in [-0.15, -0.1) is 5.10 Å². The number of H-pyrrole nitrogens is 1. The van der Waals surface area contributed by atoms with Gasteiger partial charge in [-0.25, -0.2) is 0 Å². The summed E-state index contributed by atoms with van der Waals surface area (Å²) in [4.78, 5) is 0. The van der Waals surface area contributed by atoms with E-state index in [-0.39, 0.29) is 0 Å². The smallest absolute Gasteiger partial charge is 0.204 e. The van der Waals surface area contributed by atoms with Crippen LogP contribution in [0.1, 0.15) is 12.8 Å². The molecule has 3 nitrogen and oxygen atoms in total. The zero-order valence-electron chi connectivity index (χ0n) is 7.08. The topological polar surface area (TPSA) is 40.7 Å². The summed E-state index contributed by atoms with van der Waals surface area (Å²) in [5.41, 5.74) is 0. The van der Waals surface area contributed by atoms with Gasteiger partial charge in [-0.1, -0.05) is 11.3 Å². The Morgan fingerprint density at radius 1 is 1.62 bits per heavy atom. The maximum absolute atomic E-state index is 4.96. The van der Waals surface area contributed by atoms with E-state index in [0.717, 1.165) is 9.09 Å². The van der Waals surface area contributed by atoms with Crippen LogP contribution in [-0.4, -0.2) is 27.7 Å².